The van der Waals surface area contributed by atoms with Gasteiger partial charge in [-0.25, -0.2) is 8.78 Å². The minimum Gasteiger partial charge on any atom is -0.494 e. The van der Waals surface area contributed by atoms with Gasteiger partial charge >= 0.3 is 0 Å². The van der Waals surface area contributed by atoms with Crippen molar-refractivity contribution in [1.82, 2.24) is 0 Å². The molecule has 1 aliphatic rings. The van der Waals surface area contributed by atoms with Gasteiger partial charge in [0.15, 0.2) is 11.6 Å². The fourth-order valence-electron chi connectivity index (χ4n) is 3.76. The van der Waals surface area contributed by atoms with Crippen molar-refractivity contribution in [3.05, 3.63) is 65.5 Å². The van der Waals surface area contributed by atoms with Gasteiger partial charge in [0.1, 0.15) is 11.6 Å². The predicted molar refractivity (Wildman–Crippen MR) is 104 cm³/mol. The molecule has 2 aromatic carbocycles. The molecule has 5 heteroatoms. The molecule has 0 atom stereocenters. The van der Waals surface area contributed by atoms with E-state index in [2.05, 4.69) is 6.58 Å². The summed E-state index contributed by atoms with van der Waals surface area (Å²) in [6.45, 7) is 6.14. The van der Waals surface area contributed by atoms with Crippen molar-refractivity contribution in [3.8, 4) is 11.5 Å². The number of halogens is 3. The van der Waals surface area contributed by atoms with E-state index in [1.54, 1.807) is 12.1 Å². The Bertz CT molecular complexity index is 827. The smallest absolute Gasteiger partial charge is 0.201 e. The third-order valence-corrected chi connectivity index (χ3v) is 5.34. The van der Waals surface area contributed by atoms with E-state index in [4.69, 9.17) is 9.47 Å². The first-order valence-electron chi connectivity index (χ1n) is 9.69. The molecule has 1 fully saturated rings. The van der Waals surface area contributed by atoms with Crippen molar-refractivity contribution in [2.75, 3.05) is 13.2 Å². The Morgan fingerprint density at radius 1 is 1.00 bits per heavy atom. The summed E-state index contributed by atoms with van der Waals surface area (Å²) in [6.07, 6.45) is 4.65. The molecule has 2 aromatic rings. The summed E-state index contributed by atoms with van der Waals surface area (Å²) < 4.78 is 53.1. The minimum absolute atomic E-state index is 0.0808. The lowest BCUT2D eigenvalue weighted by Crippen LogP contribution is -2.20. The predicted octanol–water partition coefficient (Wildman–Crippen LogP) is 6.50. The second-order valence-corrected chi connectivity index (χ2v) is 7.13. The summed E-state index contributed by atoms with van der Waals surface area (Å²) in [4.78, 5) is 0. The van der Waals surface area contributed by atoms with Crippen LogP contribution in [0.4, 0.5) is 13.2 Å². The van der Waals surface area contributed by atoms with Gasteiger partial charge in [-0.15, -0.1) is 0 Å². The minimum atomic E-state index is -0.984. The normalized spacial score (nSPS) is 19.3. The van der Waals surface area contributed by atoms with Crippen LogP contribution in [0.15, 0.2) is 36.9 Å². The number of benzene rings is 2. The van der Waals surface area contributed by atoms with E-state index in [0.717, 1.165) is 31.2 Å². The third-order valence-electron chi connectivity index (χ3n) is 5.34. The maximum absolute atomic E-state index is 14.4. The topological polar surface area (TPSA) is 18.5 Å². The first-order chi connectivity index (χ1) is 13.5. The van der Waals surface area contributed by atoms with E-state index in [0.29, 0.717) is 19.0 Å². The number of ether oxygens (including phenoxy) is 2. The fraction of sp³-hybridized carbons (Fsp3) is 0.391. The Balaban J connectivity index is 1.55. The average molecular weight is 390 g/mol. The number of rotatable bonds is 7. The Hall–Kier alpha value is -2.43. The van der Waals surface area contributed by atoms with Crippen molar-refractivity contribution in [2.24, 2.45) is 5.92 Å². The zero-order valence-corrected chi connectivity index (χ0v) is 16.0. The van der Waals surface area contributed by atoms with Crippen LogP contribution in [0, 0.1) is 23.4 Å². The van der Waals surface area contributed by atoms with Gasteiger partial charge in [-0.05, 0) is 68.2 Å². The lowest BCUT2D eigenvalue weighted by molar-refractivity contribution is 0.192. The van der Waals surface area contributed by atoms with Crippen LogP contribution in [0.5, 0.6) is 11.5 Å². The van der Waals surface area contributed by atoms with Gasteiger partial charge in [-0.1, -0.05) is 18.7 Å². The van der Waals surface area contributed by atoms with E-state index in [1.165, 1.54) is 24.3 Å². The van der Waals surface area contributed by atoms with E-state index < -0.39 is 11.6 Å². The van der Waals surface area contributed by atoms with Crippen LogP contribution in [0.1, 0.15) is 49.7 Å². The van der Waals surface area contributed by atoms with E-state index in [9.17, 15) is 13.2 Å². The monoisotopic (exact) mass is 390 g/mol. The molecule has 0 N–H and O–H groups in total. The van der Waals surface area contributed by atoms with Crippen LogP contribution in [0.25, 0.3) is 6.08 Å². The van der Waals surface area contributed by atoms with Crippen LogP contribution < -0.4 is 9.47 Å². The molecule has 0 heterocycles. The van der Waals surface area contributed by atoms with E-state index in [-0.39, 0.29) is 29.0 Å². The second kappa shape index (κ2) is 9.18. The van der Waals surface area contributed by atoms with Gasteiger partial charge in [0.25, 0.3) is 0 Å². The standard InChI is InChI=1S/C23H25F3O2/c1-3-16-9-12-21(23(26)22(16)25)28-14-15-5-7-17(8-6-15)19-11-10-18(27-4-2)13-20(19)24/h3,9-13,15,17H,1,4-8,14H2,2H3. The summed E-state index contributed by atoms with van der Waals surface area (Å²) in [6, 6.07) is 7.93. The summed E-state index contributed by atoms with van der Waals surface area (Å²) >= 11 is 0. The maximum Gasteiger partial charge on any atom is 0.201 e. The molecule has 1 aliphatic carbocycles. The lowest BCUT2D eigenvalue weighted by atomic mass is 9.79. The number of hydrogen-bond acceptors (Lipinski definition) is 2. The highest BCUT2D eigenvalue weighted by Gasteiger charge is 2.25. The second-order valence-electron chi connectivity index (χ2n) is 7.13. The molecule has 0 unspecified atom stereocenters. The molecule has 0 aromatic heterocycles. The zero-order valence-electron chi connectivity index (χ0n) is 16.0. The molecule has 0 bridgehead atoms. The molecule has 2 nitrogen and oxygen atoms in total. The van der Waals surface area contributed by atoms with E-state index >= 15 is 0 Å². The Labute approximate surface area is 164 Å². The van der Waals surface area contributed by atoms with Gasteiger partial charge in [0.05, 0.1) is 13.2 Å². The quantitative estimate of drug-likeness (QED) is 0.537. The van der Waals surface area contributed by atoms with Gasteiger partial charge < -0.3 is 9.47 Å². The molecule has 150 valence electrons. The van der Waals surface area contributed by atoms with Crippen molar-refractivity contribution in [1.29, 1.82) is 0 Å². The molecule has 28 heavy (non-hydrogen) atoms. The average Bonchev–Trinajstić information content (AvgIpc) is 2.70. The van der Waals surface area contributed by atoms with Crippen LogP contribution in [0.3, 0.4) is 0 Å². The van der Waals surface area contributed by atoms with Crippen LogP contribution in [-0.2, 0) is 0 Å². The SMILES string of the molecule is C=Cc1ccc(OCC2CCC(c3ccc(OCC)cc3F)CC2)c(F)c1F. The van der Waals surface area contributed by atoms with E-state index in [1.807, 2.05) is 6.92 Å². The highest BCUT2D eigenvalue weighted by Crippen LogP contribution is 2.38. The molecule has 0 saturated heterocycles. The molecule has 0 aliphatic heterocycles. The lowest BCUT2D eigenvalue weighted by Gasteiger charge is -2.29. The molecular formula is C23H25F3O2. The Morgan fingerprint density at radius 2 is 1.75 bits per heavy atom. The van der Waals surface area contributed by atoms with Crippen molar-refractivity contribution >= 4 is 6.08 Å². The van der Waals surface area contributed by atoms with Crippen LogP contribution >= 0.6 is 0 Å². The zero-order chi connectivity index (χ0) is 20.1. The molecule has 0 spiro atoms. The molecule has 1 saturated carbocycles. The largest absolute Gasteiger partial charge is 0.494 e. The number of hydrogen-bond donors (Lipinski definition) is 0. The van der Waals surface area contributed by atoms with Gasteiger partial charge in [-0.2, -0.15) is 4.39 Å². The summed E-state index contributed by atoms with van der Waals surface area (Å²) in [5.41, 5.74) is 0.832. The fourth-order valence-corrected chi connectivity index (χ4v) is 3.76. The molecule has 3 rings (SSSR count). The summed E-state index contributed by atoms with van der Waals surface area (Å²) in [7, 11) is 0. The van der Waals surface area contributed by atoms with Crippen LogP contribution in [-0.4, -0.2) is 13.2 Å². The van der Waals surface area contributed by atoms with Gasteiger partial charge in [0, 0.05) is 11.6 Å². The molecule has 0 radical (unpaired) electrons. The van der Waals surface area contributed by atoms with Gasteiger partial charge in [-0.3, -0.25) is 0 Å². The highest BCUT2D eigenvalue weighted by atomic mass is 19.2. The van der Waals surface area contributed by atoms with Crippen molar-refractivity contribution in [3.63, 3.8) is 0 Å². The molecular weight excluding hydrogens is 365 g/mol. The van der Waals surface area contributed by atoms with Crippen LogP contribution in [0.2, 0.25) is 0 Å². The Kier molecular flexibility index (Phi) is 6.65. The van der Waals surface area contributed by atoms with Crippen molar-refractivity contribution in [2.45, 2.75) is 38.5 Å². The first-order valence-corrected chi connectivity index (χ1v) is 9.69. The van der Waals surface area contributed by atoms with Gasteiger partial charge in [0.2, 0.25) is 5.82 Å². The summed E-state index contributed by atoms with van der Waals surface area (Å²) in [5.74, 6) is -1.29. The molecule has 0 amide bonds. The highest BCUT2D eigenvalue weighted by molar-refractivity contribution is 5.50. The first kappa shape index (κ1) is 20.3. The maximum atomic E-state index is 14.4. The summed E-state index contributed by atoms with van der Waals surface area (Å²) in [5, 5.41) is 0. The van der Waals surface area contributed by atoms with Crippen molar-refractivity contribution < 1.29 is 22.6 Å². The Morgan fingerprint density at radius 3 is 2.39 bits per heavy atom. The third kappa shape index (κ3) is 4.51.